The van der Waals surface area contributed by atoms with Gasteiger partial charge in [0.25, 0.3) is 0 Å². The van der Waals surface area contributed by atoms with E-state index in [2.05, 4.69) is 41.0 Å². The fourth-order valence-electron chi connectivity index (χ4n) is 2.40. The van der Waals surface area contributed by atoms with Crippen molar-refractivity contribution in [2.45, 2.75) is 32.7 Å². The summed E-state index contributed by atoms with van der Waals surface area (Å²) in [5.74, 6) is 0. The number of benzene rings is 1. The van der Waals surface area contributed by atoms with Crippen LogP contribution in [-0.4, -0.2) is 9.78 Å². The van der Waals surface area contributed by atoms with Gasteiger partial charge in [-0.05, 0) is 31.7 Å². The Bertz CT molecular complexity index is 494. The average Bonchev–Trinajstić information content (AvgIpc) is 2.74. The molecular formula is C14H16N2. The van der Waals surface area contributed by atoms with Gasteiger partial charge in [0.05, 0.1) is 6.20 Å². The van der Waals surface area contributed by atoms with E-state index < -0.39 is 0 Å². The summed E-state index contributed by atoms with van der Waals surface area (Å²) in [4.78, 5) is 0. The first-order valence-electron chi connectivity index (χ1n) is 5.96. The maximum atomic E-state index is 4.47. The predicted octanol–water partition coefficient (Wildman–Crippen LogP) is 3.19. The smallest absolute Gasteiger partial charge is 0.0571 e. The molecule has 3 rings (SSSR count). The zero-order valence-electron chi connectivity index (χ0n) is 9.61. The molecule has 0 fully saturated rings. The molecule has 1 aromatic heterocycles. The van der Waals surface area contributed by atoms with Gasteiger partial charge in [-0.25, -0.2) is 0 Å². The van der Waals surface area contributed by atoms with Crippen LogP contribution in [0.2, 0.25) is 0 Å². The van der Waals surface area contributed by atoms with Crippen LogP contribution in [0.15, 0.2) is 30.5 Å². The normalized spacial score (nSPS) is 14.8. The topological polar surface area (TPSA) is 17.8 Å². The van der Waals surface area contributed by atoms with Crippen LogP contribution in [0.4, 0.5) is 0 Å². The molecule has 16 heavy (non-hydrogen) atoms. The number of hydrogen-bond acceptors (Lipinski definition) is 1. The van der Waals surface area contributed by atoms with Crippen LogP contribution >= 0.6 is 0 Å². The summed E-state index contributed by atoms with van der Waals surface area (Å²) in [5, 5.41) is 4.47. The highest BCUT2D eigenvalue weighted by atomic mass is 15.3. The second kappa shape index (κ2) is 3.78. The van der Waals surface area contributed by atoms with Crippen molar-refractivity contribution in [2.75, 3.05) is 0 Å². The van der Waals surface area contributed by atoms with Crippen molar-refractivity contribution in [3.8, 4) is 11.1 Å². The van der Waals surface area contributed by atoms with Gasteiger partial charge in [0.2, 0.25) is 0 Å². The Morgan fingerprint density at radius 3 is 2.75 bits per heavy atom. The molecule has 1 aliphatic heterocycles. The molecule has 2 heterocycles. The van der Waals surface area contributed by atoms with Crippen molar-refractivity contribution < 1.29 is 0 Å². The summed E-state index contributed by atoms with van der Waals surface area (Å²) in [6, 6.07) is 8.73. The molecule has 0 amide bonds. The molecule has 2 nitrogen and oxygen atoms in total. The molecule has 0 aliphatic carbocycles. The Morgan fingerprint density at radius 2 is 1.94 bits per heavy atom. The number of rotatable bonds is 1. The molecule has 82 valence electrons. The molecule has 2 aromatic rings. The standard InChI is InChI=1S/C14H16N2/c1-11-5-7-12(8-6-11)13-10-15-16-9-3-2-4-14(13)16/h5-8,10H,2-4,9H2,1H3. The molecule has 0 N–H and O–H groups in total. The molecule has 0 radical (unpaired) electrons. The highest BCUT2D eigenvalue weighted by Crippen LogP contribution is 2.27. The molecule has 2 heteroatoms. The molecule has 1 aliphatic rings. The summed E-state index contributed by atoms with van der Waals surface area (Å²) in [7, 11) is 0. The van der Waals surface area contributed by atoms with Crippen LogP contribution in [-0.2, 0) is 13.0 Å². The van der Waals surface area contributed by atoms with Crippen LogP contribution in [0, 0.1) is 6.92 Å². The number of hydrogen-bond donors (Lipinski definition) is 0. The largest absolute Gasteiger partial charge is 0.269 e. The van der Waals surface area contributed by atoms with Crippen molar-refractivity contribution in [3.05, 3.63) is 41.7 Å². The quantitative estimate of drug-likeness (QED) is 0.709. The lowest BCUT2D eigenvalue weighted by molar-refractivity contribution is 0.487. The van der Waals surface area contributed by atoms with Crippen molar-refractivity contribution in [2.24, 2.45) is 0 Å². The van der Waals surface area contributed by atoms with E-state index in [4.69, 9.17) is 0 Å². The van der Waals surface area contributed by atoms with Crippen LogP contribution in [0.3, 0.4) is 0 Å². The van der Waals surface area contributed by atoms with Gasteiger partial charge < -0.3 is 0 Å². The van der Waals surface area contributed by atoms with E-state index in [0.717, 1.165) is 6.54 Å². The van der Waals surface area contributed by atoms with Gasteiger partial charge in [-0.2, -0.15) is 5.10 Å². The lowest BCUT2D eigenvalue weighted by Gasteiger charge is -2.14. The van der Waals surface area contributed by atoms with Crippen LogP contribution in [0.1, 0.15) is 24.1 Å². The van der Waals surface area contributed by atoms with Crippen molar-refractivity contribution in [3.63, 3.8) is 0 Å². The van der Waals surface area contributed by atoms with Crippen molar-refractivity contribution in [1.82, 2.24) is 9.78 Å². The molecule has 0 atom stereocenters. The van der Waals surface area contributed by atoms with Crippen LogP contribution < -0.4 is 0 Å². The van der Waals surface area contributed by atoms with E-state index in [9.17, 15) is 0 Å². The summed E-state index contributed by atoms with van der Waals surface area (Å²) in [6.07, 6.45) is 5.75. The zero-order valence-corrected chi connectivity index (χ0v) is 9.61. The maximum absolute atomic E-state index is 4.47. The van der Waals surface area contributed by atoms with Crippen LogP contribution in [0.5, 0.6) is 0 Å². The third-order valence-corrected chi connectivity index (χ3v) is 3.34. The second-order valence-corrected chi connectivity index (χ2v) is 4.55. The molecule has 0 bridgehead atoms. The average molecular weight is 212 g/mol. The van der Waals surface area contributed by atoms with Gasteiger partial charge in [0.15, 0.2) is 0 Å². The Kier molecular flexibility index (Phi) is 2.28. The highest BCUT2D eigenvalue weighted by Gasteiger charge is 2.15. The SMILES string of the molecule is Cc1ccc(-c2cnn3c2CCCC3)cc1. The Morgan fingerprint density at radius 1 is 1.12 bits per heavy atom. The minimum Gasteiger partial charge on any atom is -0.269 e. The first-order chi connectivity index (χ1) is 7.84. The van der Waals surface area contributed by atoms with E-state index in [1.54, 1.807) is 0 Å². The lowest BCUT2D eigenvalue weighted by Crippen LogP contribution is -2.11. The third-order valence-electron chi connectivity index (χ3n) is 3.34. The predicted molar refractivity (Wildman–Crippen MR) is 65.3 cm³/mol. The second-order valence-electron chi connectivity index (χ2n) is 4.55. The van der Waals surface area contributed by atoms with Gasteiger partial charge in [-0.15, -0.1) is 0 Å². The Hall–Kier alpha value is -1.57. The minimum absolute atomic E-state index is 1.08. The molecule has 0 saturated heterocycles. The summed E-state index contributed by atoms with van der Waals surface area (Å²) < 4.78 is 2.17. The zero-order chi connectivity index (χ0) is 11.0. The summed E-state index contributed by atoms with van der Waals surface area (Å²) >= 11 is 0. The van der Waals surface area contributed by atoms with Gasteiger partial charge in [-0.1, -0.05) is 29.8 Å². The number of aromatic nitrogens is 2. The fourth-order valence-corrected chi connectivity index (χ4v) is 2.40. The fraction of sp³-hybridized carbons (Fsp3) is 0.357. The summed E-state index contributed by atoms with van der Waals surface area (Å²) in [5.41, 5.74) is 5.34. The van der Waals surface area contributed by atoms with Gasteiger partial charge in [-0.3, -0.25) is 4.68 Å². The Labute approximate surface area is 95.9 Å². The van der Waals surface area contributed by atoms with Gasteiger partial charge >= 0.3 is 0 Å². The number of nitrogens with zero attached hydrogens (tertiary/aromatic N) is 2. The van der Waals surface area contributed by atoms with Crippen molar-refractivity contribution in [1.29, 1.82) is 0 Å². The summed E-state index contributed by atoms with van der Waals surface area (Å²) in [6.45, 7) is 3.21. The molecule has 0 unspecified atom stereocenters. The van der Waals surface area contributed by atoms with Gasteiger partial charge in [0, 0.05) is 17.8 Å². The lowest BCUT2D eigenvalue weighted by atomic mass is 10.0. The van der Waals surface area contributed by atoms with E-state index in [-0.39, 0.29) is 0 Å². The monoisotopic (exact) mass is 212 g/mol. The van der Waals surface area contributed by atoms with E-state index in [1.165, 1.54) is 41.6 Å². The number of aryl methyl sites for hydroxylation is 2. The maximum Gasteiger partial charge on any atom is 0.0571 e. The first-order valence-corrected chi connectivity index (χ1v) is 5.96. The van der Waals surface area contributed by atoms with E-state index >= 15 is 0 Å². The van der Waals surface area contributed by atoms with E-state index in [0.29, 0.717) is 0 Å². The van der Waals surface area contributed by atoms with Crippen molar-refractivity contribution >= 4 is 0 Å². The molecule has 1 aromatic carbocycles. The van der Waals surface area contributed by atoms with Gasteiger partial charge in [0.1, 0.15) is 0 Å². The third kappa shape index (κ3) is 1.54. The molecule has 0 spiro atoms. The first kappa shape index (κ1) is 9.64. The highest BCUT2D eigenvalue weighted by molar-refractivity contribution is 5.65. The number of fused-ring (bicyclic) bond motifs is 1. The van der Waals surface area contributed by atoms with Crippen LogP contribution in [0.25, 0.3) is 11.1 Å². The minimum atomic E-state index is 1.08. The molecule has 0 saturated carbocycles. The van der Waals surface area contributed by atoms with E-state index in [1.807, 2.05) is 6.20 Å². The Balaban J connectivity index is 2.06. The molecular weight excluding hydrogens is 196 g/mol.